The molecule has 0 bridgehead atoms. The summed E-state index contributed by atoms with van der Waals surface area (Å²) in [5.41, 5.74) is 1.48. The number of aryl methyl sites for hydroxylation is 1. The van der Waals surface area contributed by atoms with Crippen molar-refractivity contribution in [2.45, 2.75) is 65.7 Å². The Morgan fingerprint density at radius 3 is 2.20 bits per heavy atom. The van der Waals surface area contributed by atoms with E-state index in [0.29, 0.717) is 6.04 Å². The van der Waals surface area contributed by atoms with Gasteiger partial charge in [-0.1, -0.05) is 0 Å². The van der Waals surface area contributed by atoms with E-state index in [-0.39, 0.29) is 18.3 Å². The van der Waals surface area contributed by atoms with E-state index in [4.69, 9.17) is 9.31 Å². The molecule has 0 aliphatic carbocycles. The fourth-order valence-corrected chi connectivity index (χ4v) is 2.14. The molecule has 2 heterocycles. The third kappa shape index (κ3) is 2.84. The van der Waals surface area contributed by atoms with Crippen molar-refractivity contribution in [2.75, 3.05) is 5.32 Å². The molecule has 1 aromatic rings. The minimum absolute atomic E-state index is 0.320. The maximum absolute atomic E-state index is 6.11. The van der Waals surface area contributed by atoms with Crippen LogP contribution in [0.15, 0.2) is 12.3 Å². The Bertz CT molecular complexity index is 485. The first-order chi connectivity index (χ1) is 9.12. The second-order valence-electron chi connectivity index (χ2n) is 6.81. The van der Waals surface area contributed by atoms with Gasteiger partial charge in [0, 0.05) is 12.2 Å². The molecular weight excluding hydrogens is 251 g/mol. The Balaban J connectivity index is 2.30. The molecule has 0 unspecified atom stereocenters. The van der Waals surface area contributed by atoms with E-state index in [1.165, 1.54) is 0 Å². The van der Waals surface area contributed by atoms with Crippen LogP contribution in [0.5, 0.6) is 0 Å². The predicted molar refractivity (Wildman–Crippen MR) is 83.4 cm³/mol. The van der Waals surface area contributed by atoms with Gasteiger partial charge < -0.3 is 14.6 Å². The summed E-state index contributed by atoms with van der Waals surface area (Å²) in [6.45, 7) is 14.5. The monoisotopic (exact) mass is 276 g/mol. The van der Waals surface area contributed by atoms with Crippen LogP contribution in [0, 0.1) is 6.92 Å². The van der Waals surface area contributed by atoms with E-state index in [1.54, 1.807) is 0 Å². The number of pyridine rings is 1. The molecule has 1 N–H and O–H groups in total. The molecular formula is C15H25BN2O2. The zero-order valence-corrected chi connectivity index (χ0v) is 13.6. The van der Waals surface area contributed by atoms with E-state index in [2.05, 4.69) is 51.8 Å². The van der Waals surface area contributed by atoms with Gasteiger partial charge in [-0.05, 0) is 65.6 Å². The highest BCUT2D eigenvalue weighted by Crippen LogP contribution is 2.36. The molecule has 2 rings (SSSR count). The highest BCUT2D eigenvalue weighted by atomic mass is 16.7. The van der Waals surface area contributed by atoms with Crippen LogP contribution in [-0.2, 0) is 9.31 Å². The van der Waals surface area contributed by atoms with E-state index in [0.717, 1.165) is 16.8 Å². The summed E-state index contributed by atoms with van der Waals surface area (Å²) >= 11 is 0. The van der Waals surface area contributed by atoms with Crippen LogP contribution in [0.1, 0.15) is 47.1 Å². The lowest BCUT2D eigenvalue weighted by atomic mass is 9.77. The molecule has 0 spiro atoms. The summed E-state index contributed by atoms with van der Waals surface area (Å²) < 4.78 is 12.2. The van der Waals surface area contributed by atoms with Crippen molar-refractivity contribution in [2.24, 2.45) is 0 Å². The number of hydrogen-bond donors (Lipinski definition) is 1. The van der Waals surface area contributed by atoms with Gasteiger partial charge in [-0.3, -0.25) is 0 Å². The van der Waals surface area contributed by atoms with Crippen LogP contribution >= 0.6 is 0 Å². The first kappa shape index (κ1) is 15.3. The summed E-state index contributed by atoms with van der Waals surface area (Å²) in [5.74, 6) is 0.857. The smallest absolute Gasteiger partial charge is 0.399 e. The van der Waals surface area contributed by atoms with Crippen molar-refractivity contribution in [3.8, 4) is 0 Å². The molecule has 110 valence electrons. The summed E-state index contributed by atoms with van der Waals surface area (Å²) in [6.07, 6.45) is 1.87. The Kier molecular flexibility index (Phi) is 3.86. The lowest BCUT2D eigenvalue weighted by Crippen LogP contribution is -2.41. The number of rotatable bonds is 3. The minimum Gasteiger partial charge on any atom is -0.399 e. The van der Waals surface area contributed by atoms with Gasteiger partial charge in [-0.25, -0.2) is 4.98 Å². The van der Waals surface area contributed by atoms with Crippen LogP contribution < -0.4 is 10.8 Å². The molecule has 1 fully saturated rings. The summed E-state index contributed by atoms with van der Waals surface area (Å²) in [6, 6.07) is 2.37. The van der Waals surface area contributed by atoms with Crippen molar-refractivity contribution in [3.05, 3.63) is 17.8 Å². The predicted octanol–water partition coefficient (Wildman–Crippen LogP) is 2.51. The van der Waals surface area contributed by atoms with Gasteiger partial charge in [-0.2, -0.15) is 0 Å². The van der Waals surface area contributed by atoms with E-state index in [1.807, 2.05) is 19.2 Å². The molecule has 20 heavy (non-hydrogen) atoms. The molecule has 4 nitrogen and oxygen atoms in total. The van der Waals surface area contributed by atoms with Gasteiger partial charge in [0.1, 0.15) is 5.82 Å². The van der Waals surface area contributed by atoms with E-state index in [9.17, 15) is 0 Å². The Hall–Kier alpha value is -1.07. The lowest BCUT2D eigenvalue weighted by molar-refractivity contribution is 0.00578. The Morgan fingerprint density at radius 1 is 1.15 bits per heavy atom. The van der Waals surface area contributed by atoms with Gasteiger partial charge in [0.05, 0.1) is 11.2 Å². The van der Waals surface area contributed by atoms with Crippen LogP contribution in [0.3, 0.4) is 0 Å². The van der Waals surface area contributed by atoms with Gasteiger partial charge in [0.2, 0.25) is 0 Å². The highest BCUT2D eigenvalue weighted by Gasteiger charge is 2.52. The molecule has 0 aromatic carbocycles. The molecule has 0 radical (unpaired) electrons. The molecule has 1 aromatic heterocycles. The van der Waals surface area contributed by atoms with Crippen molar-refractivity contribution in [3.63, 3.8) is 0 Å². The summed E-state index contributed by atoms with van der Waals surface area (Å²) in [5, 5.41) is 3.32. The third-order valence-electron chi connectivity index (χ3n) is 4.09. The Labute approximate surface area is 122 Å². The number of hydrogen-bond acceptors (Lipinski definition) is 4. The number of nitrogens with zero attached hydrogens (tertiary/aromatic N) is 1. The molecule has 0 atom stereocenters. The molecule has 1 saturated heterocycles. The highest BCUT2D eigenvalue weighted by molar-refractivity contribution is 6.62. The average molecular weight is 276 g/mol. The maximum Gasteiger partial charge on any atom is 0.495 e. The zero-order valence-electron chi connectivity index (χ0n) is 13.6. The van der Waals surface area contributed by atoms with Crippen LogP contribution in [0.2, 0.25) is 0 Å². The average Bonchev–Trinajstić information content (AvgIpc) is 2.50. The van der Waals surface area contributed by atoms with Gasteiger partial charge in [0.25, 0.3) is 0 Å². The quantitative estimate of drug-likeness (QED) is 0.861. The van der Waals surface area contributed by atoms with E-state index < -0.39 is 0 Å². The van der Waals surface area contributed by atoms with Crippen molar-refractivity contribution >= 4 is 18.4 Å². The van der Waals surface area contributed by atoms with Crippen molar-refractivity contribution < 1.29 is 9.31 Å². The second-order valence-corrected chi connectivity index (χ2v) is 6.81. The fourth-order valence-electron chi connectivity index (χ4n) is 2.14. The fraction of sp³-hybridized carbons (Fsp3) is 0.667. The normalized spacial score (nSPS) is 20.5. The SMILES string of the molecule is Cc1cnc(NC(C)C)cc1B1OC(C)(C)C(C)(C)O1. The number of anilines is 1. The van der Waals surface area contributed by atoms with Crippen LogP contribution in [-0.4, -0.2) is 29.3 Å². The Morgan fingerprint density at radius 2 is 1.70 bits per heavy atom. The summed E-state index contributed by atoms with van der Waals surface area (Å²) in [7, 11) is -0.337. The topological polar surface area (TPSA) is 43.4 Å². The van der Waals surface area contributed by atoms with Crippen molar-refractivity contribution in [1.82, 2.24) is 4.98 Å². The largest absolute Gasteiger partial charge is 0.495 e. The molecule has 5 heteroatoms. The van der Waals surface area contributed by atoms with Gasteiger partial charge >= 0.3 is 7.12 Å². The third-order valence-corrected chi connectivity index (χ3v) is 4.09. The number of aromatic nitrogens is 1. The standard InChI is InChI=1S/C15H25BN2O2/c1-10(2)18-13-8-12(11(3)9-17-13)16-19-14(4,5)15(6,7)20-16/h8-10H,1-7H3,(H,17,18). The molecule has 1 aliphatic rings. The summed E-state index contributed by atoms with van der Waals surface area (Å²) in [4.78, 5) is 4.40. The van der Waals surface area contributed by atoms with Crippen LogP contribution in [0.4, 0.5) is 5.82 Å². The zero-order chi connectivity index (χ0) is 15.1. The van der Waals surface area contributed by atoms with Gasteiger partial charge in [0.15, 0.2) is 0 Å². The van der Waals surface area contributed by atoms with Crippen LogP contribution in [0.25, 0.3) is 0 Å². The molecule has 0 saturated carbocycles. The first-order valence-corrected chi connectivity index (χ1v) is 7.21. The lowest BCUT2D eigenvalue weighted by Gasteiger charge is -2.32. The van der Waals surface area contributed by atoms with Crippen molar-refractivity contribution in [1.29, 1.82) is 0 Å². The maximum atomic E-state index is 6.11. The number of nitrogens with one attached hydrogen (secondary N) is 1. The second kappa shape index (κ2) is 5.04. The first-order valence-electron chi connectivity index (χ1n) is 7.21. The minimum atomic E-state index is -0.337. The van der Waals surface area contributed by atoms with E-state index >= 15 is 0 Å². The molecule has 0 amide bonds. The molecule has 1 aliphatic heterocycles. The van der Waals surface area contributed by atoms with Gasteiger partial charge in [-0.15, -0.1) is 0 Å².